The van der Waals surface area contributed by atoms with E-state index in [0.29, 0.717) is 12.1 Å². The van der Waals surface area contributed by atoms with Crippen LogP contribution in [0.1, 0.15) is 42.4 Å². The van der Waals surface area contributed by atoms with Crippen molar-refractivity contribution in [2.24, 2.45) is 7.05 Å². The lowest BCUT2D eigenvalue weighted by Crippen LogP contribution is -2.26. The highest BCUT2D eigenvalue weighted by atomic mass is 16.1. The van der Waals surface area contributed by atoms with Crippen molar-refractivity contribution in [3.63, 3.8) is 0 Å². The molecule has 130 valence electrons. The molecule has 0 aliphatic carbocycles. The van der Waals surface area contributed by atoms with Gasteiger partial charge in [0, 0.05) is 49.4 Å². The van der Waals surface area contributed by atoms with E-state index in [-0.39, 0.29) is 11.3 Å². The lowest BCUT2D eigenvalue weighted by Gasteiger charge is -2.17. The number of carbonyl (C=O) groups excluding carboxylic acids is 1. The van der Waals surface area contributed by atoms with Crippen molar-refractivity contribution in [1.29, 1.82) is 0 Å². The van der Waals surface area contributed by atoms with E-state index in [1.807, 2.05) is 50.7 Å². The van der Waals surface area contributed by atoms with Gasteiger partial charge in [0.1, 0.15) is 12.1 Å². The minimum absolute atomic E-state index is 0.140. The van der Waals surface area contributed by atoms with Gasteiger partial charge in [0.15, 0.2) is 0 Å². The van der Waals surface area contributed by atoms with Crippen molar-refractivity contribution >= 4 is 5.91 Å². The van der Waals surface area contributed by atoms with Gasteiger partial charge in [-0.05, 0) is 6.07 Å². The molecule has 3 aromatic rings. The molecule has 0 aliphatic heterocycles. The molecule has 7 heteroatoms. The minimum atomic E-state index is -0.204. The van der Waals surface area contributed by atoms with Gasteiger partial charge in [0.25, 0.3) is 5.91 Å². The number of hydrogen-bond acceptors (Lipinski definition) is 4. The van der Waals surface area contributed by atoms with Gasteiger partial charge in [0.2, 0.25) is 0 Å². The maximum Gasteiger partial charge on any atom is 0.255 e. The number of aryl methyl sites for hydroxylation is 1. The molecule has 0 aromatic carbocycles. The number of amides is 1. The van der Waals surface area contributed by atoms with Crippen LogP contribution in [-0.4, -0.2) is 30.2 Å². The van der Waals surface area contributed by atoms with Crippen molar-refractivity contribution in [3.8, 4) is 5.82 Å². The summed E-state index contributed by atoms with van der Waals surface area (Å²) in [6.45, 7) is 6.51. The minimum Gasteiger partial charge on any atom is -0.348 e. The molecular formula is C18H22N6O. The first-order valence-electron chi connectivity index (χ1n) is 8.11. The van der Waals surface area contributed by atoms with Crippen LogP contribution >= 0.6 is 0 Å². The Bertz CT molecular complexity index is 873. The smallest absolute Gasteiger partial charge is 0.255 e. The number of pyridine rings is 1. The van der Waals surface area contributed by atoms with Crippen LogP contribution < -0.4 is 5.32 Å². The Kier molecular flexibility index (Phi) is 4.39. The van der Waals surface area contributed by atoms with Gasteiger partial charge in [-0.1, -0.05) is 26.8 Å². The molecule has 1 N–H and O–H groups in total. The summed E-state index contributed by atoms with van der Waals surface area (Å²) in [6, 6.07) is 3.79. The zero-order valence-corrected chi connectivity index (χ0v) is 14.9. The highest BCUT2D eigenvalue weighted by Gasteiger charge is 2.25. The van der Waals surface area contributed by atoms with Crippen LogP contribution in [0.15, 0.2) is 43.2 Å². The summed E-state index contributed by atoms with van der Waals surface area (Å²) in [4.78, 5) is 21.1. The predicted molar refractivity (Wildman–Crippen MR) is 94.4 cm³/mol. The Hall–Kier alpha value is -2.96. The average molecular weight is 338 g/mol. The van der Waals surface area contributed by atoms with E-state index in [4.69, 9.17) is 0 Å². The van der Waals surface area contributed by atoms with Gasteiger partial charge in [0.05, 0.1) is 11.3 Å². The number of nitrogens with zero attached hydrogens (tertiary/aromatic N) is 5. The summed E-state index contributed by atoms with van der Waals surface area (Å²) in [7, 11) is 1.82. The molecule has 0 fully saturated rings. The zero-order valence-electron chi connectivity index (χ0n) is 14.9. The molecule has 0 spiro atoms. The molecule has 0 atom stereocenters. The van der Waals surface area contributed by atoms with E-state index in [9.17, 15) is 4.79 Å². The molecule has 0 saturated heterocycles. The second-order valence-corrected chi connectivity index (χ2v) is 6.95. The second-order valence-electron chi connectivity index (χ2n) is 6.95. The van der Waals surface area contributed by atoms with Crippen LogP contribution in [0.4, 0.5) is 0 Å². The van der Waals surface area contributed by atoms with Crippen molar-refractivity contribution in [2.75, 3.05) is 0 Å². The molecule has 0 bridgehead atoms. The molecule has 3 aromatic heterocycles. The third-order valence-corrected chi connectivity index (χ3v) is 3.84. The molecule has 3 rings (SSSR count). The average Bonchev–Trinajstić information content (AvgIpc) is 3.22. The third-order valence-electron chi connectivity index (χ3n) is 3.84. The molecule has 0 saturated carbocycles. The van der Waals surface area contributed by atoms with Crippen LogP contribution in [0, 0.1) is 0 Å². The van der Waals surface area contributed by atoms with Gasteiger partial charge in [-0.3, -0.25) is 14.0 Å². The highest BCUT2D eigenvalue weighted by molar-refractivity contribution is 5.95. The van der Waals surface area contributed by atoms with Gasteiger partial charge in [-0.15, -0.1) is 0 Å². The summed E-state index contributed by atoms with van der Waals surface area (Å²) in [5.74, 6) is 0.612. The van der Waals surface area contributed by atoms with Crippen molar-refractivity contribution in [3.05, 3.63) is 60.1 Å². The normalized spacial score (nSPS) is 11.5. The Labute approximate surface area is 146 Å². The second kappa shape index (κ2) is 6.51. The first-order chi connectivity index (χ1) is 11.9. The van der Waals surface area contributed by atoms with E-state index >= 15 is 0 Å². The van der Waals surface area contributed by atoms with Gasteiger partial charge < -0.3 is 5.32 Å². The van der Waals surface area contributed by atoms with E-state index in [0.717, 1.165) is 17.1 Å². The first kappa shape index (κ1) is 16.9. The number of rotatable bonds is 4. The van der Waals surface area contributed by atoms with Crippen LogP contribution in [0.3, 0.4) is 0 Å². The van der Waals surface area contributed by atoms with E-state index in [1.165, 1.54) is 0 Å². The largest absolute Gasteiger partial charge is 0.348 e. The van der Waals surface area contributed by atoms with Crippen LogP contribution in [0.2, 0.25) is 0 Å². The molecular weight excluding hydrogens is 316 g/mol. The van der Waals surface area contributed by atoms with E-state index in [2.05, 4.69) is 20.4 Å². The fourth-order valence-electron chi connectivity index (χ4n) is 2.66. The lowest BCUT2D eigenvalue weighted by molar-refractivity contribution is 0.0948. The van der Waals surface area contributed by atoms with Gasteiger partial charge in [-0.2, -0.15) is 5.10 Å². The summed E-state index contributed by atoms with van der Waals surface area (Å²) in [5.41, 5.74) is 2.09. The fourth-order valence-corrected chi connectivity index (χ4v) is 2.66. The number of carbonyl (C=O) groups is 1. The standard InChI is InChI=1S/C18H22N6O/c1-18(2,3)15-14(11-23(4)22-15)17(25)21-10-13-6-5-7-20-16(13)24-9-8-19-12-24/h5-9,11-12H,10H2,1-4H3,(H,21,25). The van der Waals surface area contributed by atoms with Crippen molar-refractivity contribution in [1.82, 2.24) is 29.6 Å². The molecule has 0 radical (unpaired) electrons. The van der Waals surface area contributed by atoms with Crippen molar-refractivity contribution < 1.29 is 4.79 Å². The zero-order chi connectivity index (χ0) is 18.0. The quantitative estimate of drug-likeness (QED) is 0.791. The predicted octanol–water partition coefficient (Wildman–Crippen LogP) is 2.23. The maximum absolute atomic E-state index is 12.7. The molecule has 0 aliphatic rings. The summed E-state index contributed by atoms with van der Waals surface area (Å²) >= 11 is 0. The Balaban J connectivity index is 1.81. The van der Waals surface area contributed by atoms with Crippen LogP contribution in [0.5, 0.6) is 0 Å². The Morgan fingerprint density at radius 2 is 2.08 bits per heavy atom. The molecule has 25 heavy (non-hydrogen) atoms. The molecule has 7 nitrogen and oxygen atoms in total. The summed E-state index contributed by atoms with van der Waals surface area (Å²) in [5, 5.41) is 7.42. The van der Waals surface area contributed by atoms with Gasteiger partial charge in [-0.25, -0.2) is 9.97 Å². The van der Waals surface area contributed by atoms with Crippen LogP contribution in [0.25, 0.3) is 5.82 Å². The Morgan fingerprint density at radius 1 is 1.28 bits per heavy atom. The van der Waals surface area contributed by atoms with Crippen LogP contribution in [-0.2, 0) is 19.0 Å². The SMILES string of the molecule is Cn1cc(C(=O)NCc2cccnc2-n2ccnc2)c(C(C)(C)C)n1. The molecule has 1 amide bonds. The number of aromatic nitrogens is 5. The monoisotopic (exact) mass is 338 g/mol. The highest BCUT2D eigenvalue weighted by Crippen LogP contribution is 2.24. The van der Waals surface area contributed by atoms with E-state index in [1.54, 1.807) is 29.6 Å². The lowest BCUT2D eigenvalue weighted by atomic mass is 9.89. The fraction of sp³-hybridized carbons (Fsp3) is 0.333. The topological polar surface area (TPSA) is 77.6 Å². The summed E-state index contributed by atoms with van der Waals surface area (Å²) in [6.07, 6.45) is 8.69. The molecule has 0 unspecified atom stereocenters. The van der Waals surface area contributed by atoms with Crippen molar-refractivity contribution in [2.45, 2.75) is 32.7 Å². The number of hydrogen-bond donors (Lipinski definition) is 1. The van der Waals surface area contributed by atoms with Gasteiger partial charge >= 0.3 is 0 Å². The first-order valence-corrected chi connectivity index (χ1v) is 8.11. The summed E-state index contributed by atoms with van der Waals surface area (Å²) < 4.78 is 3.50. The number of imidazole rings is 1. The van der Waals surface area contributed by atoms with E-state index < -0.39 is 0 Å². The number of nitrogens with one attached hydrogen (secondary N) is 1. The maximum atomic E-state index is 12.7. The third kappa shape index (κ3) is 3.60. The molecule has 3 heterocycles. The Morgan fingerprint density at radius 3 is 2.76 bits per heavy atom.